The van der Waals surface area contributed by atoms with E-state index in [0.29, 0.717) is 104 Å². The van der Waals surface area contributed by atoms with E-state index in [-0.39, 0.29) is 51.4 Å². The van der Waals surface area contributed by atoms with Gasteiger partial charge in [0.25, 0.3) is 29.5 Å². The molecule has 3 fully saturated rings. The van der Waals surface area contributed by atoms with Crippen molar-refractivity contribution in [3.05, 3.63) is 288 Å². The number of ether oxygens (including phenoxy) is 1. The van der Waals surface area contributed by atoms with E-state index in [1.54, 1.807) is 72.2 Å². The summed E-state index contributed by atoms with van der Waals surface area (Å²) in [5, 5.41) is 0.686. The van der Waals surface area contributed by atoms with Gasteiger partial charge in [0.05, 0.1) is 66.0 Å². The van der Waals surface area contributed by atoms with Crippen molar-refractivity contribution in [1.29, 1.82) is 0 Å². The van der Waals surface area contributed by atoms with Gasteiger partial charge in [-0.05, 0) is 252 Å². The Balaban J connectivity index is 0.000000144. The minimum atomic E-state index is -0.607. The number of halogens is 6. The summed E-state index contributed by atoms with van der Waals surface area (Å²) in [6.45, 7) is 32.7. The molecule has 3 aliphatic rings. The predicted molar refractivity (Wildman–Crippen MR) is 574 cm³/mol. The number of aromatic nitrogens is 15. The average molecular weight is 2090 g/mol. The summed E-state index contributed by atoms with van der Waals surface area (Å²) in [5.41, 5.74) is 11.7. The number of carbonyl (C=O) groups excluding carboxylic acids is 5. The molecular weight excluding hydrogens is 1960 g/mol. The van der Waals surface area contributed by atoms with E-state index in [9.17, 15) is 32.8 Å². The summed E-state index contributed by atoms with van der Waals surface area (Å²) in [6.07, 6.45) is 24.9. The fraction of sp³-hybridized carbons (Fsp3) is 0.425. The third kappa shape index (κ3) is 28.9. The van der Waals surface area contributed by atoms with Crippen molar-refractivity contribution in [2.45, 2.75) is 238 Å². The number of hydrogen-bond donors (Lipinski definition) is 0. The Morgan fingerprint density at radius 1 is 0.386 bits per heavy atom. The molecule has 0 saturated heterocycles. The molecule has 32 heteroatoms. The van der Waals surface area contributed by atoms with Crippen molar-refractivity contribution >= 4 is 136 Å². The topological polar surface area (TPSA) is 264 Å². The lowest BCUT2D eigenvalue weighted by molar-refractivity contribution is 0.0707. The molecule has 0 bridgehead atoms. The molecule has 18 rings (SSSR count). The van der Waals surface area contributed by atoms with Gasteiger partial charge in [0, 0.05) is 118 Å². The highest BCUT2D eigenvalue weighted by Gasteiger charge is 2.34. The number of pyridine rings is 5. The molecule has 145 heavy (non-hydrogen) atoms. The van der Waals surface area contributed by atoms with E-state index in [0.717, 1.165) is 192 Å². The second-order valence-electron chi connectivity index (χ2n) is 39.1. The van der Waals surface area contributed by atoms with E-state index in [4.69, 9.17) is 64.5 Å². The molecule has 764 valence electrons. The summed E-state index contributed by atoms with van der Waals surface area (Å²) < 4.78 is 45.7. The number of carbonyl (C=O) groups is 5. The highest BCUT2D eigenvalue weighted by Crippen LogP contribution is 2.38. The zero-order chi connectivity index (χ0) is 103. The standard InChI is InChI=1S/C25H34N4O.C23H26ClFN4O.C22H24ClFN4O.C22H25ClN4O2.C21H25BrN4O/c1-5-8-20-10-12-21(13-11-20)25(30)28(17-14-19(3)4)18-23-27-22-9-7-15-26-24(22)29(23)16-6-2;1-2-3-4-13-28(23(30)21-17(24)7-5-8-18(21)25)15-20-27-19-9-6-12-26-22(19)29(20)14-16-10-11-16;1-14(2)11-27(22(29)20-16(23)5-3-6-17(20)24)13-19-26-18-7-4-10-25-21(18)28(19)12-15-8-9-15;1-3-11-26(22(28)16-8-9-19(29-2)17(23)12-16)14-20-25-18-5-4-10-24-21(18)27(20)13-15-6-7-15;1-4-11-25(21(27)16-7-5-8-17(22)12-16)14-19-24-18-9-6-10-23-20(18)26(19)13-15(2)3/h7,9-13,15,19H,5-6,8,14,16-18H2,1-4H3;5-9,12,16H,2-4,10-11,13-15H2,1H3;3-7,10,14-15H,8-9,11-13H2,1-2H3;4-5,8-10,12,15H,3,6-7,11,13-14H2,1-2H3;5-10,12,15H,4,11,13-14H2,1-3H3. The van der Waals surface area contributed by atoms with Gasteiger partial charge in [0.1, 0.15) is 74.1 Å². The first-order chi connectivity index (χ1) is 70.1. The molecular formula is C113H134BrCl3F2N20O6. The summed E-state index contributed by atoms with van der Waals surface area (Å²) in [7, 11) is 1.56. The second kappa shape index (κ2) is 52.1. The van der Waals surface area contributed by atoms with Crippen LogP contribution in [0.1, 0.15) is 253 Å². The van der Waals surface area contributed by atoms with Crippen molar-refractivity contribution in [2.75, 3.05) is 39.8 Å². The fourth-order valence-electron chi connectivity index (χ4n) is 17.7. The number of nitrogens with zero attached hydrogens (tertiary/aromatic N) is 20. The van der Waals surface area contributed by atoms with Gasteiger partial charge in [-0.3, -0.25) is 24.0 Å². The number of aryl methyl sites for hydroxylation is 2. The van der Waals surface area contributed by atoms with Crippen LogP contribution in [0.3, 0.4) is 0 Å². The Morgan fingerprint density at radius 3 is 1.16 bits per heavy atom. The monoisotopic (exact) mass is 2090 g/mol. The molecule has 0 radical (unpaired) electrons. The average Bonchev–Trinajstić information content (AvgIpc) is 1.59. The molecule has 15 aromatic rings. The van der Waals surface area contributed by atoms with E-state index in [1.807, 2.05) is 126 Å². The number of unbranched alkanes of at least 4 members (excludes halogenated alkanes) is 2. The zero-order valence-corrected chi connectivity index (χ0v) is 89.2. The maximum atomic E-state index is 14.5. The summed E-state index contributed by atoms with van der Waals surface area (Å²) in [6, 6.07) is 48.6. The van der Waals surface area contributed by atoms with Crippen LogP contribution in [0.15, 0.2) is 199 Å². The number of hydrogen-bond acceptors (Lipinski definition) is 16. The number of fused-ring (bicyclic) bond motifs is 5. The molecule has 5 aromatic carbocycles. The zero-order valence-electron chi connectivity index (χ0n) is 85.3. The molecule has 0 aliphatic heterocycles. The maximum absolute atomic E-state index is 14.5. The third-order valence-corrected chi connectivity index (χ3v) is 27.0. The van der Waals surface area contributed by atoms with E-state index in [1.165, 1.54) is 74.4 Å². The molecule has 3 saturated carbocycles. The maximum Gasteiger partial charge on any atom is 0.258 e. The van der Waals surface area contributed by atoms with Gasteiger partial charge in [-0.1, -0.05) is 176 Å². The largest absolute Gasteiger partial charge is 0.495 e. The van der Waals surface area contributed by atoms with E-state index >= 15 is 0 Å². The van der Waals surface area contributed by atoms with Gasteiger partial charge in [0.2, 0.25) is 0 Å². The Kier molecular flexibility index (Phi) is 38.9. The molecule has 0 atom stereocenters. The lowest BCUT2D eigenvalue weighted by Crippen LogP contribution is -2.35. The van der Waals surface area contributed by atoms with Crippen molar-refractivity contribution in [3.8, 4) is 5.75 Å². The van der Waals surface area contributed by atoms with Gasteiger partial charge in [0.15, 0.2) is 28.2 Å². The van der Waals surface area contributed by atoms with Crippen molar-refractivity contribution in [2.24, 2.45) is 35.5 Å². The minimum absolute atomic E-state index is 0.0225. The van der Waals surface area contributed by atoms with Crippen LogP contribution in [0.2, 0.25) is 15.1 Å². The lowest BCUT2D eigenvalue weighted by atomic mass is 10.1. The first kappa shape index (κ1) is 108. The highest BCUT2D eigenvalue weighted by molar-refractivity contribution is 9.10. The van der Waals surface area contributed by atoms with Crippen LogP contribution < -0.4 is 4.74 Å². The molecule has 0 spiro atoms. The van der Waals surface area contributed by atoms with Crippen LogP contribution in [0.5, 0.6) is 5.75 Å². The van der Waals surface area contributed by atoms with Gasteiger partial charge < -0.3 is 52.1 Å². The lowest BCUT2D eigenvalue weighted by Gasteiger charge is -2.25. The molecule has 0 unspecified atom stereocenters. The molecule has 0 N–H and O–H groups in total. The number of imidazole rings is 5. The summed E-state index contributed by atoms with van der Waals surface area (Å²) in [4.78, 5) is 122. The van der Waals surface area contributed by atoms with Gasteiger partial charge in [-0.15, -0.1) is 0 Å². The molecule has 10 heterocycles. The van der Waals surface area contributed by atoms with Crippen LogP contribution in [0.4, 0.5) is 8.78 Å². The first-order valence-corrected chi connectivity index (χ1v) is 53.1. The predicted octanol–water partition coefficient (Wildman–Crippen LogP) is 25.3. The van der Waals surface area contributed by atoms with Crippen LogP contribution in [-0.4, -0.2) is 167 Å². The Hall–Kier alpha value is -12.4. The SMILES string of the molecule is CC(C)CN(Cc1nc2cccnc2n1CC1CC1)C(=O)c1c(F)cccc1Cl.CCCCCN(Cc1nc2cccnc2n1CC1CC1)C(=O)c1c(F)cccc1Cl.CCCN(Cc1nc2cccnc2n1CC(C)C)C(=O)c1cccc(Br)c1.CCCN(Cc1nc2cccnc2n1CC1CC1)C(=O)c1ccc(OC)c(Cl)c1.CCCc1ccc(C(=O)N(CCC(C)C)Cc2nc3cccnc3n2CCC)cc1. The quantitative estimate of drug-likeness (QED) is 0.0322. The smallest absolute Gasteiger partial charge is 0.258 e. The highest BCUT2D eigenvalue weighted by atomic mass is 79.9. The van der Waals surface area contributed by atoms with Crippen molar-refractivity contribution < 1.29 is 37.5 Å². The number of methoxy groups -OCH3 is 1. The minimum Gasteiger partial charge on any atom is -0.495 e. The van der Waals surface area contributed by atoms with Gasteiger partial charge in [-0.25, -0.2) is 58.6 Å². The van der Waals surface area contributed by atoms with Crippen LogP contribution in [-0.2, 0) is 71.9 Å². The van der Waals surface area contributed by atoms with Crippen LogP contribution in [0, 0.1) is 47.1 Å². The Morgan fingerprint density at radius 2 is 0.772 bits per heavy atom. The fourth-order valence-corrected chi connectivity index (χ4v) is 18.9. The van der Waals surface area contributed by atoms with Crippen LogP contribution >= 0.6 is 50.7 Å². The number of amides is 5. The second-order valence-corrected chi connectivity index (χ2v) is 41.2. The number of benzene rings is 5. The van der Waals surface area contributed by atoms with Crippen LogP contribution in [0.25, 0.3) is 55.8 Å². The first-order valence-electron chi connectivity index (χ1n) is 51.2. The third-order valence-electron chi connectivity index (χ3n) is 25.6. The molecule has 3 aliphatic carbocycles. The van der Waals surface area contributed by atoms with E-state index < -0.39 is 23.4 Å². The summed E-state index contributed by atoms with van der Waals surface area (Å²) >= 11 is 22.0. The number of rotatable bonds is 41. The molecule has 5 amide bonds. The van der Waals surface area contributed by atoms with Gasteiger partial charge >= 0.3 is 0 Å². The molecule has 10 aromatic heterocycles. The Bertz CT molecular complexity index is 6870. The van der Waals surface area contributed by atoms with E-state index in [2.05, 4.69) is 138 Å². The van der Waals surface area contributed by atoms with Crippen molar-refractivity contribution in [1.82, 2.24) is 97.2 Å². The normalized spacial score (nSPS) is 12.8. The van der Waals surface area contributed by atoms with Crippen molar-refractivity contribution in [3.63, 3.8) is 0 Å². The molecule has 26 nitrogen and oxygen atoms in total. The Labute approximate surface area is 872 Å². The van der Waals surface area contributed by atoms with Gasteiger partial charge in [-0.2, -0.15) is 0 Å². The summed E-state index contributed by atoms with van der Waals surface area (Å²) in [5.74, 6) is 5.95.